The number of aliphatic carboxylic acids is 1. The molecule has 0 spiro atoms. The normalized spacial score (nSPS) is 21.6. The maximum Gasteiger partial charge on any atom is 0.303 e. The fraction of sp³-hybridized carbons (Fsp3) is 0.909. The van der Waals surface area contributed by atoms with Crippen LogP contribution in [0.1, 0.15) is 44.9 Å². The van der Waals surface area contributed by atoms with Crippen molar-refractivity contribution in [2.45, 2.75) is 50.2 Å². The first-order valence-corrected chi connectivity index (χ1v) is 9.40. The summed E-state index contributed by atoms with van der Waals surface area (Å²) in [5.41, 5.74) is 0. The third-order valence-electron chi connectivity index (χ3n) is 2.59. The average Bonchev–Trinajstić information content (AvgIpc) is 2.51. The molecule has 0 bridgehead atoms. The van der Waals surface area contributed by atoms with E-state index in [2.05, 4.69) is 10.8 Å². The summed E-state index contributed by atoms with van der Waals surface area (Å²) in [6, 6.07) is 0. The van der Waals surface area contributed by atoms with Crippen LogP contribution >= 0.6 is 33.3 Å². The van der Waals surface area contributed by atoms with Crippen molar-refractivity contribution in [3.05, 3.63) is 0 Å². The summed E-state index contributed by atoms with van der Waals surface area (Å²) in [6.07, 6.45) is 7.38. The Labute approximate surface area is 110 Å². The van der Waals surface area contributed by atoms with Crippen molar-refractivity contribution in [3.63, 3.8) is 0 Å². The van der Waals surface area contributed by atoms with Gasteiger partial charge < -0.3 is 5.11 Å². The van der Waals surface area contributed by atoms with Gasteiger partial charge in [-0.3, -0.25) is 4.79 Å². The fourth-order valence-electron chi connectivity index (χ4n) is 1.67. The summed E-state index contributed by atoms with van der Waals surface area (Å²) in [6.45, 7) is 0. The van der Waals surface area contributed by atoms with Gasteiger partial charge >= 0.3 is 5.97 Å². The van der Waals surface area contributed by atoms with Gasteiger partial charge in [0.2, 0.25) is 0 Å². The topological polar surface area (TPSA) is 37.3 Å². The highest BCUT2D eigenvalue weighted by molar-refractivity contribution is 8.78. The van der Waals surface area contributed by atoms with Crippen molar-refractivity contribution in [1.82, 2.24) is 0 Å². The van der Waals surface area contributed by atoms with E-state index in [1.165, 1.54) is 36.5 Å². The van der Waals surface area contributed by atoms with E-state index in [1.54, 1.807) is 0 Å². The fourth-order valence-corrected chi connectivity index (χ4v) is 6.18. The van der Waals surface area contributed by atoms with E-state index in [0.29, 0.717) is 6.42 Å². The Kier molecular flexibility index (Phi) is 8.69. The molecule has 0 aliphatic carbocycles. The Morgan fingerprint density at radius 2 is 2.06 bits per heavy atom. The molecule has 1 rings (SSSR count). The van der Waals surface area contributed by atoms with Crippen LogP contribution in [0, 0.1) is 0 Å². The Balaban J connectivity index is 1.91. The first-order valence-electron chi connectivity index (χ1n) is 5.87. The molecule has 1 saturated heterocycles. The lowest BCUT2D eigenvalue weighted by Gasteiger charge is -2.11. The molecule has 1 aliphatic heterocycles. The summed E-state index contributed by atoms with van der Waals surface area (Å²) in [5, 5.41) is 10.6. The van der Waals surface area contributed by atoms with Gasteiger partial charge in [0, 0.05) is 16.8 Å². The van der Waals surface area contributed by atoms with E-state index >= 15 is 0 Å². The lowest BCUT2D eigenvalue weighted by atomic mass is 10.1. The third kappa shape index (κ3) is 7.74. The van der Waals surface area contributed by atoms with Crippen LogP contribution in [0.15, 0.2) is 0 Å². The van der Waals surface area contributed by atoms with Crippen LogP contribution in [-0.4, -0.2) is 27.2 Å². The third-order valence-corrected chi connectivity index (χ3v) is 7.13. The molecule has 1 unspecified atom stereocenters. The van der Waals surface area contributed by atoms with Gasteiger partial charge in [-0.05, 0) is 25.0 Å². The Bertz CT molecular complexity index is 192. The van der Waals surface area contributed by atoms with E-state index in [0.717, 1.165) is 18.1 Å². The van der Waals surface area contributed by atoms with Crippen molar-refractivity contribution in [2.24, 2.45) is 0 Å². The first kappa shape index (κ1) is 14.6. The molecular weight excluding hydrogens is 260 g/mol. The average molecular weight is 280 g/mol. The first-order chi connectivity index (χ1) is 7.79. The summed E-state index contributed by atoms with van der Waals surface area (Å²) in [5.74, 6) is 0.650. The van der Waals surface area contributed by atoms with Crippen molar-refractivity contribution in [1.29, 1.82) is 0 Å². The number of thioether (sulfide) groups is 1. The minimum Gasteiger partial charge on any atom is -0.481 e. The number of carboxylic acids is 1. The minimum absolute atomic E-state index is 0.338. The lowest BCUT2D eigenvalue weighted by molar-refractivity contribution is -0.137. The summed E-state index contributed by atoms with van der Waals surface area (Å²) < 4.78 is 0. The number of hydrogen-bond acceptors (Lipinski definition) is 4. The molecule has 1 heterocycles. The van der Waals surface area contributed by atoms with E-state index in [1.807, 2.05) is 22.6 Å². The van der Waals surface area contributed by atoms with Gasteiger partial charge in [0.25, 0.3) is 0 Å². The van der Waals surface area contributed by atoms with Gasteiger partial charge in [0.1, 0.15) is 0 Å². The molecule has 16 heavy (non-hydrogen) atoms. The lowest BCUT2D eigenvalue weighted by Crippen LogP contribution is -2.01. The summed E-state index contributed by atoms with van der Waals surface area (Å²) in [4.78, 5) is 10.3. The number of unbranched alkanes of at least 4 members (excludes halogenated alkanes) is 3. The Hall–Kier alpha value is 0.520. The molecule has 0 saturated carbocycles. The van der Waals surface area contributed by atoms with Crippen molar-refractivity contribution < 1.29 is 9.90 Å². The smallest absolute Gasteiger partial charge is 0.303 e. The van der Waals surface area contributed by atoms with Gasteiger partial charge in [-0.2, -0.15) is 11.8 Å². The predicted molar refractivity (Wildman–Crippen MR) is 76.2 cm³/mol. The molecule has 2 nitrogen and oxygen atoms in total. The predicted octanol–water partition coefficient (Wildman–Crippen LogP) is 4.26. The maximum atomic E-state index is 10.3. The second-order valence-electron chi connectivity index (χ2n) is 4.00. The monoisotopic (exact) mass is 280 g/mol. The molecule has 0 aromatic rings. The van der Waals surface area contributed by atoms with Gasteiger partial charge in [0.15, 0.2) is 0 Å². The number of carbonyl (C=O) groups is 1. The minimum atomic E-state index is -0.659. The van der Waals surface area contributed by atoms with E-state index < -0.39 is 5.97 Å². The second kappa shape index (κ2) is 9.54. The number of rotatable bonds is 7. The van der Waals surface area contributed by atoms with Crippen LogP contribution in [-0.2, 0) is 4.79 Å². The molecule has 5 heteroatoms. The zero-order valence-corrected chi connectivity index (χ0v) is 12.0. The van der Waals surface area contributed by atoms with Crippen molar-refractivity contribution in [2.75, 3.05) is 10.8 Å². The van der Waals surface area contributed by atoms with Crippen LogP contribution in [0.3, 0.4) is 0 Å². The molecule has 0 amide bonds. The van der Waals surface area contributed by atoms with Gasteiger partial charge in [0.05, 0.1) is 0 Å². The highest BCUT2D eigenvalue weighted by Gasteiger charge is 2.12. The molecule has 0 aromatic carbocycles. The Morgan fingerprint density at radius 1 is 1.25 bits per heavy atom. The summed E-state index contributed by atoms with van der Waals surface area (Å²) >= 11 is 2.05. The van der Waals surface area contributed by atoms with E-state index in [-0.39, 0.29) is 0 Å². The molecule has 94 valence electrons. The maximum absolute atomic E-state index is 10.3. The molecule has 1 atom stereocenters. The second-order valence-corrected chi connectivity index (χ2v) is 8.14. The van der Waals surface area contributed by atoms with E-state index in [4.69, 9.17) is 5.11 Å². The van der Waals surface area contributed by atoms with Crippen LogP contribution in [0.2, 0.25) is 0 Å². The molecule has 0 aromatic heterocycles. The van der Waals surface area contributed by atoms with Crippen LogP contribution in [0.5, 0.6) is 0 Å². The quantitative estimate of drug-likeness (QED) is 0.557. The Morgan fingerprint density at radius 3 is 2.88 bits per heavy atom. The van der Waals surface area contributed by atoms with E-state index in [9.17, 15) is 4.79 Å². The SMILES string of the molecule is O=C(O)CCCCCCC1CCSCSS1. The van der Waals surface area contributed by atoms with Crippen LogP contribution in [0.25, 0.3) is 0 Å². The number of hydrogen-bond donors (Lipinski definition) is 1. The van der Waals surface area contributed by atoms with Gasteiger partial charge in [-0.25, -0.2) is 0 Å². The van der Waals surface area contributed by atoms with Crippen molar-refractivity contribution >= 4 is 39.3 Å². The van der Waals surface area contributed by atoms with Crippen molar-refractivity contribution in [3.8, 4) is 0 Å². The molecule has 1 N–H and O–H groups in total. The molecular formula is C11H20O2S3. The van der Waals surface area contributed by atoms with Crippen LogP contribution < -0.4 is 0 Å². The largest absolute Gasteiger partial charge is 0.481 e. The van der Waals surface area contributed by atoms with Gasteiger partial charge in [-0.1, -0.05) is 40.9 Å². The zero-order chi connectivity index (χ0) is 11.6. The zero-order valence-electron chi connectivity index (χ0n) is 9.52. The van der Waals surface area contributed by atoms with Crippen LogP contribution in [0.4, 0.5) is 0 Å². The van der Waals surface area contributed by atoms with Gasteiger partial charge in [-0.15, -0.1) is 0 Å². The molecule has 1 aliphatic rings. The number of carboxylic acid groups (broad SMARTS) is 1. The molecule has 0 radical (unpaired) electrons. The summed E-state index contributed by atoms with van der Waals surface area (Å²) in [7, 11) is 4.05. The highest BCUT2D eigenvalue weighted by Crippen LogP contribution is 2.38. The molecule has 1 fully saturated rings. The highest BCUT2D eigenvalue weighted by atomic mass is 33.1. The standard InChI is InChI=1S/C11H20O2S3/c12-11(13)6-4-2-1-3-5-10-7-8-14-9-15-16-10/h10H,1-9H2,(H,12,13).